The van der Waals surface area contributed by atoms with Crippen molar-refractivity contribution in [3.8, 4) is 17.2 Å². The molecule has 7 atom stereocenters. The summed E-state index contributed by atoms with van der Waals surface area (Å²) in [5.74, 6) is 0.727. The molecule has 53 heavy (non-hydrogen) atoms. The molecule has 3 N–H and O–H groups in total. The van der Waals surface area contributed by atoms with Crippen LogP contribution < -0.4 is 30.2 Å². The standard InChI is InChI=1S/C41H60BN3O8/c1-24(2)20-33(42-52-32-23-28-22-31(40(28,5)6)41(32,7)53-42)44-39(48)35(25(3)4)45-38(47)29(43-34(46)19-16-26-14-12-11-13-15-26)21-27-17-18-30(49-8)37(51-10)36(27)50-9/h11-15,17-18,24-25,28-29,31-33,35H,16,19-23H2,1-10H3,(H,43,46)(H,44,48)(H,45,47)/t28-,29-,31-,32+,33-,35-,41-/m0/s1. The highest BCUT2D eigenvalue weighted by atomic mass is 16.7. The van der Waals surface area contributed by atoms with Crippen LogP contribution in [0.1, 0.15) is 85.3 Å². The molecule has 4 aliphatic rings. The van der Waals surface area contributed by atoms with Gasteiger partial charge < -0.3 is 39.5 Å². The first-order chi connectivity index (χ1) is 25.1. The highest BCUT2D eigenvalue weighted by Gasteiger charge is 2.68. The molecular formula is C41H60BN3O8. The Morgan fingerprint density at radius 1 is 0.868 bits per heavy atom. The zero-order chi connectivity index (χ0) is 38.7. The Bertz CT molecular complexity index is 1600. The summed E-state index contributed by atoms with van der Waals surface area (Å²) in [6.07, 6.45) is 3.49. The summed E-state index contributed by atoms with van der Waals surface area (Å²) < 4.78 is 30.1. The lowest BCUT2D eigenvalue weighted by atomic mass is 9.43. The van der Waals surface area contributed by atoms with Gasteiger partial charge in [0.05, 0.1) is 39.0 Å². The van der Waals surface area contributed by atoms with Gasteiger partial charge in [0.25, 0.3) is 0 Å². The fraction of sp³-hybridized carbons (Fsp3) is 0.634. The second kappa shape index (κ2) is 16.7. The second-order valence-corrected chi connectivity index (χ2v) is 16.6. The second-order valence-electron chi connectivity index (χ2n) is 16.6. The third kappa shape index (κ3) is 8.64. The molecule has 0 spiro atoms. The van der Waals surface area contributed by atoms with Crippen LogP contribution in [0.5, 0.6) is 17.2 Å². The normalized spacial score (nSPS) is 24.4. The molecule has 6 rings (SSSR count). The lowest BCUT2D eigenvalue weighted by Crippen LogP contribution is -2.65. The van der Waals surface area contributed by atoms with Crippen LogP contribution in [-0.2, 0) is 36.5 Å². The predicted molar refractivity (Wildman–Crippen MR) is 205 cm³/mol. The monoisotopic (exact) mass is 733 g/mol. The van der Waals surface area contributed by atoms with Crippen molar-refractivity contribution in [2.45, 2.75) is 117 Å². The molecule has 3 aliphatic carbocycles. The number of benzene rings is 2. The molecule has 2 aromatic rings. The third-order valence-electron chi connectivity index (χ3n) is 11.9. The van der Waals surface area contributed by atoms with Crippen LogP contribution in [0.2, 0.25) is 0 Å². The van der Waals surface area contributed by atoms with E-state index in [-0.39, 0.29) is 48.0 Å². The number of carbonyl (C=O) groups is 3. The van der Waals surface area contributed by atoms with Gasteiger partial charge in [-0.3, -0.25) is 14.4 Å². The van der Waals surface area contributed by atoms with E-state index in [0.717, 1.165) is 18.4 Å². The van der Waals surface area contributed by atoms with Crippen LogP contribution in [0.15, 0.2) is 42.5 Å². The summed E-state index contributed by atoms with van der Waals surface area (Å²) in [6, 6.07) is 11.3. The molecule has 1 heterocycles. The van der Waals surface area contributed by atoms with Gasteiger partial charge in [-0.15, -0.1) is 0 Å². The first-order valence-corrected chi connectivity index (χ1v) is 19.2. The summed E-state index contributed by atoms with van der Waals surface area (Å²) in [4.78, 5) is 41.8. The summed E-state index contributed by atoms with van der Waals surface area (Å²) in [7, 11) is 3.96. The van der Waals surface area contributed by atoms with E-state index < -0.39 is 36.7 Å². The van der Waals surface area contributed by atoms with Crippen molar-refractivity contribution in [3.63, 3.8) is 0 Å². The van der Waals surface area contributed by atoms with Crippen LogP contribution in [-0.4, -0.2) is 75.9 Å². The van der Waals surface area contributed by atoms with E-state index in [0.29, 0.717) is 47.5 Å². The van der Waals surface area contributed by atoms with Crippen LogP contribution in [0.4, 0.5) is 0 Å². The maximum Gasteiger partial charge on any atom is 0.481 e. The number of methoxy groups -OCH3 is 3. The number of rotatable bonds is 17. The molecule has 3 amide bonds. The van der Waals surface area contributed by atoms with Crippen LogP contribution in [0.25, 0.3) is 0 Å². The largest absolute Gasteiger partial charge is 0.493 e. The van der Waals surface area contributed by atoms with E-state index in [1.165, 1.54) is 21.3 Å². The highest BCUT2D eigenvalue weighted by molar-refractivity contribution is 6.48. The maximum atomic E-state index is 14.2. The van der Waals surface area contributed by atoms with Gasteiger partial charge in [0, 0.05) is 18.4 Å². The Hall–Kier alpha value is -3.77. The third-order valence-corrected chi connectivity index (χ3v) is 11.9. The lowest BCUT2D eigenvalue weighted by molar-refractivity contribution is -0.199. The van der Waals surface area contributed by atoms with E-state index >= 15 is 0 Å². The Kier molecular flexibility index (Phi) is 12.7. The summed E-state index contributed by atoms with van der Waals surface area (Å²) in [5.41, 5.74) is 1.43. The van der Waals surface area contributed by atoms with Gasteiger partial charge in [0.2, 0.25) is 23.5 Å². The van der Waals surface area contributed by atoms with Gasteiger partial charge in [0.1, 0.15) is 12.1 Å². The Balaban J connectivity index is 1.34. The van der Waals surface area contributed by atoms with E-state index in [9.17, 15) is 14.4 Å². The average Bonchev–Trinajstić information content (AvgIpc) is 3.49. The number of carbonyl (C=O) groups excluding carboxylic acids is 3. The smallest absolute Gasteiger partial charge is 0.481 e. The van der Waals surface area contributed by atoms with Crippen molar-refractivity contribution < 1.29 is 37.9 Å². The summed E-state index contributed by atoms with van der Waals surface area (Å²) in [5, 5.41) is 9.16. The minimum atomic E-state index is -1.02. The SMILES string of the molecule is COc1ccc(C[C@H](NC(=O)CCc2ccccc2)C(=O)N[C@H](C(=O)N[C@@H](CC(C)C)B2O[C@@H]3C[C@@H]4C[C@@H](C4(C)C)[C@]3(C)O2)C(C)C)c(OC)c1OC. The van der Waals surface area contributed by atoms with Gasteiger partial charge in [0.15, 0.2) is 11.5 Å². The van der Waals surface area contributed by atoms with Crippen LogP contribution >= 0.6 is 0 Å². The molecule has 0 aromatic heterocycles. The Labute approximate surface area is 316 Å². The quantitative estimate of drug-likeness (QED) is 0.187. The lowest BCUT2D eigenvalue weighted by Gasteiger charge is -2.64. The Morgan fingerprint density at radius 2 is 1.57 bits per heavy atom. The van der Waals surface area contributed by atoms with Crippen molar-refractivity contribution >= 4 is 24.8 Å². The molecule has 1 saturated heterocycles. The molecule has 12 heteroatoms. The number of hydrogen-bond donors (Lipinski definition) is 3. The van der Waals surface area contributed by atoms with Crippen molar-refractivity contribution in [3.05, 3.63) is 53.6 Å². The van der Waals surface area contributed by atoms with Gasteiger partial charge in [-0.2, -0.15) is 0 Å². The maximum absolute atomic E-state index is 14.2. The van der Waals surface area contributed by atoms with Crippen LogP contribution in [0, 0.1) is 29.1 Å². The minimum Gasteiger partial charge on any atom is -0.493 e. The van der Waals surface area contributed by atoms with Crippen molar-refractivity contribution in [2.24, 2.45) is 29.1 Å². The first-order valence-electron chi connectivity index (χ1n) is 19.2. The van der Waals surface area contributed by atoms with E-state index in [4.69, 9.17) is 23.5 Å². The van der Waals surface area contributed by atoms with E-state index in [1.54, 1.807) is 12.1 Å². The van der Waals surface area contributed by atoms with Gasteiger partial charge in [-0.25, -0.2) is 0 Å². The zero-order valence-corrected chi connectivity index (χ0v) is 33.2. The molecule has 0 radical (unpaired) electrons. The summed E-state index contributed by atoms with van der Waals surface area (Å²) >= 11 is 0. The van der Waals surface area contributed by atoms with Gasteiger partial charge in [-0.1, -0.05) is 77.9 Å². The number of amides is 3. The van der Waals surface area contributed by atoms with E-state index in [2.05, 4.69) is 50.6 Å². The fourth-order valence-corrected chi connectivity index (χ4v) is 8.80. The van der Waals surface area contributed by atoms with Gasteiger partial charge in [-0.05, 0) is 73.3 Å². The molecule has 4 fully saturated rings. The molecule has 1 aliphatic heterocycles. The van der Waals surface area contributed by atoms with Gasteiger partial charge >= 0.3 is 7.12 Å². The van der Waals surface area contributed by atoms with Crippen molar-refractivity contribution in [1.29, 1.82) is 0 Å². The topological polar surface area (TPSA) is 133 Å². The molecule has 3 saturated carbocycles. The number of aryl methyl sites for hydroxylation is 1. The number of hydrogen-bond acceptors (Lipinski definition) is 8. The van der Waals surface area contributed by atoms with Crippen molar-refractivity contribution in [1.82, 2.24) is 16.0 Å². The van der Waals surface area contributed by atoms with Crippen molar-refractivity contribution in [2.75, 3.05) is 21.3 Å². The molecule has 2 aromatic carbocycles. The molecular weight excluding hydrogens is 673 g/mol. The number of ether oxygens (including phenoxy) is 3. The molecule has 11 nitrogen and oxygen atoms in total. The zero-order valence-electron chi connectivity index (χ0n) is 33.2. The minimum absolute atomic E-state index is 0.0173. The Morgan fingerprint density at radius 3 is 2.17 bits per heavy atom. The average molecular weight is 734 g/mol. The van der Waals surface area contributed by atoms with Crippen LogP contribution in [0.3, 0.4) is 0 Å². The molecule has 290 valence electrons. The molecule has 0 unspecified atom stereocenters. The highest BCUT2D eigenvalue weighted by Crippen LogP contribution is 2.65. The first kappa shape index (κ1) is 40.4. The summed E-state index contributed by atoms with van der Waals surface area (Å²) in [6.45, 7) is 14.8. The number of nitrogens with one attached hydrogen (secondary N) is 3. The molecule has 2 bridgehead atoms. The predicted octanol–water partition coefficient (Wildman–Crippen LogP) is 5.31. The van der Waals surface area contributed by atoms with E-state index in [1.807, 2.05) is 44.2 Å². The fourth-order valence-electron chi connectivity index (χ4n) is 8.80.